The van der Waals surface area contributed by atoms with Crippen molar-refractivity contribution in [2.75, 3.05) is 11.4 Å². The van der Waals surface area contributed by atoms with Crippen molar-refractivity contribution in [3.63, 3.8) is 0 Å². The minimum atomic E-state index is -0.469. The second-order valence-corrected chi connectivity index (χ2v) is 6.78. The van der Waals surface area contributed by atoms with Crippen LogP contribution in [0.3, 0.4) is 0 Å². The Morgan fingerprint density at radius 2 is 2.11 bits per heavy atom. The standard InChI is InChI=1S/C18H16ClFN6O/c19-15-4-3-12(9-16(15)20)8-13-2-1-7-25(18(13)27)17-11-23-26(24-17)14-5-6-21-22-10-14/h3-6,9-11,13H,1-2,7-8H2. The minimum Gasteiger partial charge on any atom is -0.294 e. The van der Waals surface area contributed by atoms with Crippen molar-refractivity contribution < 1.29 is 9.18 Å². The third kappa shape index (κ3) is 3.66. The molecule has 0 radical (unpaired) electrons. The Balaban J connectivity index is 1.52. The molecule has 138 valence electrons. The summed E-state index contributed by atoms with van der Waals surface area (Å²) in [5.41, 5.74) is 1.41. The molecular weight excluding hydrogens is 371 g/mol. The molecule has 27 heavy (non-hydrogen) atoms. The zero-order valence-corrected chi connectivity index (χ0v) is 15.1. The van der Waals surface area contributed by atoms with E-state index >= 15 is 0 Å². The second-order valence-electron chi connectivity index (χ2n) is 6.37. The Bertz CT molecular complexity index is 963. The van der Waals surface area contributed by atoms with Crippen LogP contribution in [-0.2, 0) is 11.2 Å². The Labute approximate surface area is 159 Å². The molecule has 1 aromatic carbocycles. The van der Waals surface area contributed by atoms with Crippen LogP contribution in [-0.4, -0.2) is 37.6 Å². The summed E-state index contributed by atoms with van der Waals surface area (Å²) < 4.78 is 13.7. The predicted octanol–water partition coefficient (Wildman–Crippen LogP) is 2.84. The summed E-state index contributed by atoms with van der Waals surface area (Å²) in [6.45, 7) is 0.581. The van der Waals surface area contributed by atoms with Crippen LogP contribution in [0.25, 0.3) is 5.69 Å². The SMILES string of the molecule is O=C1C(Cc2ccc(Cl)c(F)c2)CCCN1c1cnn(-c2ccnnc2)n1. The number of carbonyl (C=O) groups is 1. The number of halogens is 2. The summed E-state index contributed by atoms with van der Waals surface area (Å²) in [4.78, 5) is 16.0. The topological polar surface area (TPSA) is 76.8 Å². The molecule has 2 aromatic heterocycles. The lowest BCUT2D eigenvalue weighted by atomic mass is 9.90. The smallest absolute Gasteiger partial charge is 0.231 e. The van der Waals surface area contributed by atoms with Crippen LogP contribution in [0.15, 0.2) is 42.9 Å². The molecule has 9 heteroatoms. The van der Waals surface area contributed by atoms with E-state index in [2.05, 4.69) is 20.4 Å². The average molecular weight is 387 g/mol. The molecule has 0 saturated carbocycles. The molecule has 1 atom stereocenters. The molecule has 3 aromatic rings. The van der Waals surface area contributed by atoms with Gasteiger partial charge in [0, 0.05) is 12.5 Å². The number of carbonyl (C=O) groups excluding carboxylic acids is 1. The molecule has 4 rings (SSSR count). The zero-order valence-electron chi connectivity index (χ0n) is 14.3. The molecule has 1 fully saturated rings. The highest BCUT2D eigenvalue weighted by Gasteiger charge is 2.31. The summed E-state index contributed by atoms with van der Waals surface area (Å²) in [5.74, 6) is -0.240. The maximum Gasteiger partial charge on any atom is 0.231 e. The van der Waals surface area contributed by atoms with Gasteiger partial charge in [-0.1, -0.05) is 17.7 Å². The molecule has 1 saturated heterocycles. The lowest BCUT2D eigenvalue weighted by Gasteiger charge is -2.30. The van der Waals surface area contributed by atoms with Gasteiger partial charge < -0.3 is 0 Å². The molecule has 1 amide bonds. The van der Waals surface area contributed by atoms with Crippen LogP contribution >= 0.6 is 11.6 Å². The number of anilines is 1. The number of rotatable bonds is 4. The van der Waals surface area contributed by atoms with Gasteiger partial charge in [-0.3, -0.25) is 9.69 Å². The van der Waals surface area contributed by atoms with Gasteiger partial charge >= 0.3 is 0 Å². The Morgan fingerprint density at radius 3 is 2.89 bits per heavy atom. The van der Waals surface area contributed by atoms with E-state index in [1.165, 1.54) is 16.9 Å². The van der Waals surface area contributed by atoms with E-state index in [-0.39, 0.29) is 16.8 Å². The first-order valence-corrected chi connectivity index (χ1v) is 8.94. The number of hydrogen-bond acceptors (Lipinski definition) is 5. The first-order chi connectivity index (χ1) is 13.1. The van der Waals surface area contributed by atoms with E-state index < -0.39 is 5.82 Å². The third-order valence-electron chi connectivity index (χ3n) is 4.57. The van der Waals surface area contributed by atoms with Crippen LogP contribution in [0, 0.1) is 11.7 Å². The van der Waals surface area contributed by atoms with Crippen LogP contribution in [0.5, 0.6) is 0 Å². The number of nitrogens with zero attached hydrogens (tertiary/aromatic N) is 6. The van der Waals surface area contributed by atoms with Gasteiger partial charge in [0.05, 0.1) is 23.6 Å². The minimum absolute atomic E-state index is 0.0310. The van der Waals surface area contributed by atoms with Crippen molar-refractivity contribution in [1.29, 1.82) is 0 Å². The van der Waals surface area contributed by atoms with Gasteiger partial charge in [-0.15, -0.1) is 9.90 Å². The number of hydrogen-bond donors (Lipinski definition) is 0. The molecule has 1 aliphatic heterocycles. The van der Waals surface area contributed by atoms with E-state index in [9.17, 15) is 9.18 Å². The molecule has 7 nitrogen and oxygen atoms in total. The molecule has 0 N–H and O–H groups in total. The van der Waals surface area contributed by atoms with Crippen LogP contribution < -0.4 is 4.90 Å². The lowest BCUT2D eigenvalue weighted by Crippen LogP contribution is -2.42. The van der Waals surface area contributed by atoms with Crippen LogP contribution in [0.4, 0.5) is 10.2 Å². The molecule has 0 spiro atoms. The van der Waals surface area contributed by atoms with E-state index in [4.69, 9.17) is 11.6 Å². The van der Waals surface area contributed by atoms with Crippen LogP contribution in [0.2, 0.25) is 5.02 Å². The number of piperidine rings is 1. The van der Waals surface area contributed by atoms with E-state index in [0.717, 1.165) is 18.4 Å². The highest BCUT2D eigenvalue weighted by Crippen LogP contribution is 2.27. The van der Waals surface area contributed by atoms with E-state index in [0.29, 0.717) is 24.5 Å². The van der Waals surface area contributed by atoms with Crippen molar-refractivity contribution in [2.24, 2.45) is 5.92 Å². The molecule has 1 unspecified atom stereocenters. The van der Waals surface area contributed by atoms with Gasteiger partial charge in [0.25, 0.3) is 0 Å². The maximum absolute atomic E-state index is 13.7. The fourth-order valence-corrected chi connectivity index (χ4v) is 3.34. The largest absolute Gasteiger partial charge is 0.294 e. The van der Waals surface area contributed by atoms with Crippen LogP contribution in [0.1, 0.15) is 18.4 Å². The Morgan fingerprint density at radius 1 is 1.22 bits per heavy atom. The zero-order chi connectivity index (χ0) is 18.8. The summed E-state index contributed by atoms with van der Waals surface area (Å²) in [7, 11) is 0. The molecule has 3 heterocycles. The highest BCUT2D eigenvalue weighted by atomic mass is 35.5. The second kappa shape index (κ2) is 7.40. The average Bonchev–Trinajstić information content (AvgIpc) is 3.17. The Kier molecular flexibility index (Phi) is 4.81. The molecule has 0 aliphatic carbocycles. The predicted molar refractivity (Wildman–Crippen MR) is 97.1 cm³/mol. The number of amides is 1. The number of benzene rings is 1. The van der Waals surface area contributed by atoms with Crippen molar-refractivity contribution in [1.82, 2.24) is 25.2 Å². The first kappa shape index (κ1) is 17.5. The lowest BCUT2D eigenvalue weighted by molar-refractivity contribution is -0.123. The van der Waals surface area contributed by atoms with Gasteiger partial charge in [0.2, 0.25) is 5.91 Å². The van der Waals surface area contributed by atoms with Crippen molar-refractivity contribution >= 4 is 23.3 Å². The van der Waals surface area contributed by atoms with Gasteiger partial charge in [0.15, 0.2) is 5.82 Å². The van der Waals surface area contributed by atoms with Gasteiger partial charge in [-0.25, -0.2) is 4.39 Å². The molecular formula is C18H16ClFN6O. The van der Waals surface area contributed by atoms with Gasteiger partial charge in [-0.05, 0) is 43.0 Å². The summed E-state index contributed by atoms with van der Waals surface area (Å²) in [5, 5.41) is 16.2. The van der Waals surface area contributed by atoms with E-state index in [1.807, 2.05) is 0 Å². The molecule has 1 aliphatic rings. The monoisotopic (exact) mass is 386 g/mol. The van der Waals surface area contributed by atoms with Crippen molar-refractivity contribution in [3.8, 4) is 5.69 Å². The number of aromatic nitrogens is 5. The summed E-state index contributed by atoms with van der Waals surface area (Å²) in [6.07, 6.45) is 6.71. The van der Waals surface area contributed by atoms with Gasteiger partial charge in [-0.2, -0.15) is 15.3 Å². The fraction of sp³-hybridized carbons (Fsp3) is 0.278. The normalized spacial score (nSPS) is 17.3. The third-order valence-corrected chi connectivity index (χ3v) is 4.88. The van der Waals surface area contributed by atoms with Crippen molar-refractivity contribution in [2.45, 2.75) is 19.3 Å². The summed E-state index contributed by atoms with van der Waals surface area (Å²) >= 11 is 5.73. The van der Waals surface area contributed by atoms with E-state index in [1.54, 1.807) is 35.6 Å². The Hall–Kier alpha value is -2.87. The highest BCUT2D eigenvalue weighted by molar-refractivity contribution is 6.30. The van der Waals surface area contributed by atoms with Gasteiger partial charge in [0.1, 0.15) is 11.5 Å². The summed E-state index contributed by atoms with van der Waals surface area (Å²) in [6, 6.07) is 6.39. The van der Waals surface area contributed by atoms with Crippen molar-refractivity contribution in [3.05, 3.63) is 59.3 Å². The quantitative estimate of drug-likeness (QED) is 0.689. The molecule has 0 bridgehead atoms. The fourth-order valence-electron chi connectivity index (χ4n) is 3.22. The first-order valence-electron chi connectivity index (χ1n) is 8.56. The maximum atomic E-state index is 13.7.